The topological polar surface area (TPSA) is 119 Å². The highest BCUT2D eigenvalue weighted by atomic mass is 16.8. The molecule has 0 amide bonds. The Labute approximate surface area is 309 Å². The average molecular weight is 716 g/mol. The molecule has 0 aliphatic carbocycles. The van der Waals surface area contributed by atoms with E-state index < -0.39 is 18.4 Å². The van der Waals surface area contributed by atoms with Gasteiger partial charge in [0.2, 0.25) is 6.29 Å². The van der Waals surface area contributed by atoms with Gasteiger partial charge in [0, 0.05) is 39.2 Å². The number of carbonyl (C=O) groups is 2. The summed E-state index contributed by atoms with van der Waals surface area (Å²) in [5, 5.41) is 3.33. The van der Waals surface area contributed by atoms with Gasteiger partial charge in [-0.3, -0.25) is 0 Å². The standard InChI is InChI=1S/C42H45N5O6/c1-6-14-38-45-39-28(2)25-32(40-44-35-17-10-11-18-36(35)46(40)5)26-37(39)47(38)27-30-19-21-31(22-20-30)33-15-8-9-16-34(33)41(48)52-29(3)53-42(49)50-23-12-7-13-24-51-43-4/h8-11,15-22,25-26,29H,4,6-7,12-14,23-24,27H2,1-3,5H3. The summed E-state index contributed by atoms with van der Waals surface area (Å²) in [5.41, 5.74) is 9.29. The molecule has 11 heteroatoms. The summed E-state index contributed by atoms with van der Waals surface area (Å²) >= 11 is 0. The maximum atomic E-state index is 13.3. The molecule has 0 saturated heterocycles. The molecule has 0 spiro atoms. The minimum atomic E-state index is -1.14. The van der Waals surface area contributed by atoms with E-state index in [0.29, 0.717) is 30.7 Å². The summed E-state index contributed by atoms with van der Waals surface area (Å²) in [7, 11) is 2.06. The minimum Gasteiger partial charge on any atom is -0.434 e. The molecule has 0 bridgehead atoms. The summed E-state index contributed by atoms with van der Waals surface area (Å²) in [6.45, 7) is 10.3. The zero-order chi connectivity index (χ0) is 37.3. The number of rotatable bonds is 16. The lowest BCUT2D eigenvalue weighted by Crippen LogP contribution is -2.23. The summed E-state index contributed by atoms with van der Waals surface area (Å²) in [4.78, 5) is 40.3. The minimum absolute atomic E-state index is 0.181. The first-order chi connectivity index (χ1) is 25.8. The van der Waals surface area contributed by atoms with Gasteiger partial charge < -0.3 is 28.2 Å². The van der Waals surface area contributed by atoms with Crippen molar-refractivity contribution >= 4 is 40.9 Å². The Morgan fingerprint density at radius 1 is 0.868 bits per heavy atom. The normalized spacial score (nSPS) is 11.8. The van der Waals surface area contributed by atoms with E-state index in [-0.39, 0.29) is 6.61 Å². The summed E-state index contributed by atoms with van der Waals surface area (Å²) in [6, 6.07) is 27.9. The Balaban J connectivity index is 1.16. The van der Waals surface area contributed by atoms with Crippen LogP contribution >= 0.6 is 0 Å². The van der Waals surface area contributed by atoms with E-state index in [1.54, 1.807) is 12.1 Å². The number of ether oxygens (including phenoxy) is 3. The summed E-state index contributed by atoms with van der Waals surface area (Å²) in [6.07, 6.45) is 1.98. The van der Waals surface area contributed by atoms with Crippen LogP contribution in [0.3, 0.4) is 0 Å². The van der Waals surface area contributed by atoms with Crippen LogP contribution in [0.2, 0.25) is 0 Å². The number of para-hydroxylation sites is 2. The number of hydrogen-bond donors (Lipinski definition) is 0. The van der Waals surface area contributed by atoms with Crippen LogP contribution in [0.4, 0.5) is 4.79 Å². The number of fused-ring (bicyclic) bond motifs is 2. The number of hydrogen-bond acceptors (Lipinski definition) is 9. The predicted molar refractivity (Wildman–Crippen MR) is 206 cm³/mol. The third kappa shape index (κ3) is 8.57. The molecule has 0 saturated carbocycles. The number of aryl methyl sites for hydroxylation is 3. The molecule has 274 valence electrons. The molecule has 6 rings (SSSR count). The maximum absolute atomic E-state index is 13.3. The van der Waals surface area contributed by atoms with Gasteiger partial charge in [-0.1, -0.05) is 61.5 Å². The fraction of sp³-hybridized carbons (Fsp3) is 0.310. The number of imidazole rings is 2. The van der Waals surface area contributed by atoms with Crippen LogP contribution in [-0.4, -0.2) is 57.4 Å². The number of carbonyl (C=O) groups excluding carboxylic acids is 2. The van der Waals surface area contributed by atoms with Crippen LogP contribution in [0.5, 0.6) is 0 Å². The molecule has 6 aromatic rings. The lowest BCUT2D eigenvalue weighted by molar-refractivity contribution is -0.0820. The van der Waals surface area contributed by atoms with Crippen LogP contribution in [0, 0.1) is 6.92 Å². The predicted octanol–water partition coefficient (Wildman–Crippen LogP) is 9.02. The smallest absolute Gasteiger partial charge is 0.434 e. The van der Waals surface area contributed by atoms with E-state index >= 15 is 0 Å². The molecule has 0 fully saturated rings. The molecule has 1 atom stereocenters. The number of nitrogens with zero attached hydrogens (tertiary/aromatic N) is 5. The number of benzene rings is 4. The van der Waals surface area contributed by atoms with Gasteiger partial charge in [0.15, 0.2) is 0 Å². The highest BCUT2D eigenvalue weighted by molar-refractivity contribution is 5.97. The van der Waals surface area contributed by atoms with Crippen LogP contribution in [0.25, 0.3) is 44.6 Å². The molecular formula is C42H45N5O6. The molecule has 2 aromatic heterocycles. The van der Waals surface area contributed by atoms with Crippen molar-refractivity contribution in [3.8, 4) is 22.5 Å². The molecule has 0 aliphatic heterocycles. The monoisotopic (exact) mass is 715 g/mol. The third-order valence-corrected chi connectivity index (χ3v) is 9.12. The van der Waals surface area contributed by atoms with Crippen molar-refractivity contribution in [3.05, 3.63) is 107 Å². The zero-order valence-electron chi connectivity index (χ0n) is 30.7. The highest BCUT2D eigenvalue weighted by Gasteiger charge is 2.21. The first-order valence-electron chi connectivity index (χ1n) is 18.0. The van der Waals surface area contributed by atoms with Gasteiger partial charge in [-0.15, -0.1) is 5.16 Å². The van der Waals surface area contributed by atoms with Crippen molar-refractivity contribution in [1.82, 2.24) is 19.1 Å². The maximum Gasteiger partial charge on any atom is 0.511 e. The van der Waals surface area contributed by atoms with Crippen LogP contribution in [0.15, 0.2) is 90.1 Å². The van der Waals surface area contributed by atoms with Crippen molar-refractivity contribution in [3.63, 3.8) is 0 Å². The second-order valence-electron chi connectivity index (χ2n) is 13.0. The molecule has 0 N–H and O–H groups in total. The molecule has 0 aliphatic rings. The largest absolute Gasteiger partial charge is 0.511 e. The Hall–Kier alpha value is -5.97. The van der Waals surface area contributed by atoms with Gasteiger partial charge in [-0.05, 0) is 85.2 Å². The lowest BCUT2D eigenvalue weighted by atomic mass is 9.98. The summed E-state index contributed by atoms with van der Waals surface area (Å²) in [5.74, 6) is 1.35. The average Bonchev–Trinajstić information content (AvgIpc) is 3.68. The third-order valence-electron chi connectivity index (χ3n) is 9.12. The quantitative estimate of drug-likeness (QED) is 0.0320. The molecule has 2 heterocycles. The van der Waals surface area contributed by atoms with E-state index in [4.69, 9.17) is 29.0 Å². The van der Waals surface area contributed by atoms with Gasteiger partial charge in [0.25, 0.3) is 0 Å². The fourth-order valence-corrected chi connectivity index (χ4v) is 6.52. The Kier molecular flexibility index (Phi) is 11.8. The van der Waals surface area contributed by atoms with Gasteiger partial charge in [0.1, 0.15) is 18.3 Å². The van der Waals surface area contributed by atoms with Crippen LogP contribution in [-0.2, 0) is 39.1 Å². The summed E-state index contributed by atoms with van der Waals surface area (Å²) < 4.78 is 20.2. The molecule has 1 unspecified atom stereocenters. The Morgan fingerprint density at radius 3 is 2.40 bits per heavy atom. The molecule has 11 nitrogen and oxygen atoms in total. The van der Waals surface area contributed by atoms with E-state index in [1.165, 1.54) is 6.92 Å². The zero-order valence-corrected chi connectivity index (χ0v) is 30.7. The van der Waals surface area contributed by atoms with Gasteiger partial charge >= 0.3 is 12.1 Å². The highest BCUT2D eigenvalue weighted by Crippen LogP contribution is 2.31. The van der Waals surface area contributed by atoms with Gasteiger partial charge in [0.05, 0.1) is 34.2 Å². The number of aromatic nitrogens is 4. The first kappa shape index (κ1) is 36.8. The van der Waals surface area contributed by atoms with Crippen molar-refractivity contribution < 1.29 is 28.6 Å². The number of oxime groups is 1. The van der Waals surface area contributed by atoms with E-state index in [0.717, 1.165) is 81.7 Å². The fourth-order valence-electron chi connectivity index (χ4n) is 6.52. The van der Waals surface area contributed by atoms with E-state index in [1.807, 2.05) is 42.5 Å². The SMILES string of the molecule is C=NOCCCCCOC(=O)OC(C)OC(=O)c1ccccc1-c1ccc(Cn2c(CCC)nc3c(C)cc(-c4nc5ccccc5n4C)cc32)cc1. The van der Waals surface area contributed by atoms with Crippen LogP contribution < -0.4 is 0 Å². The van der Waals surface area contributed by atoms with E-state index in [2.05, 4.69) is 72.2 Å². The Morgan fingerprint density at radius 2 is 1.62 bits per heavy atom. The van der Waals surface area contributed by atoms with Gasteiger partial charge in [-0.2, -0.15) is 0 Å². The Bertz CT molecular complexity index is 2220. The second-order valence-corrected chi connectivity index (χ2v) is 13.0. The molecule has 4 aromatic carbocycles. The van der Waals surface area contributed by atoms with Crippen molar-refractivity contribution in [2.45, 2.75) is 65.7 Å². The van der Waals surface area contributed by atoms with Crippen molar-refractivity contribution in [1.29, 1.82) is 0 Å². The molecule has 0 radical (unpaired) electrons. The van der Waals surface area contributed by atoms with Gasteiger partial charge in [-0.25, -0.2) is 19.6 Å². The lowest BCUT2D eigenvalue weighted by Gasteiger charge is -2.16. The molecule has 53 heavy (non-hydrogen) atoms. The van der Waals surface area contributed by atoms with Crippen molar-refractivity contribution in [2.75, 3.05) is 13.2 Å². The number of esters is 1. The van der Waals surface area contributed by atoms with E-state index in [9.17, 15) is 9.59 Å². The number of unbranched alkanes of at least 4 members (excludes halogenated alkanes) is 2. The van der Waals surface area contributed by atoms with Crippen LogP contribution in [0.1, 0.15) is 66.8 Å². The van der Waals surface area contributed by atoms with Crippen molar-refractivity contribution in [2.24, 2.45) is 12.2 Å². The molecular weight excluding hydrogens is 670 g/mol. The first-order valence-corrected chi connectivity index (χ1v) is 18.0. The second kappa shape index (κ2) is 17.0.